The molecule has 15 heavy (non-hydrogen) atoms. The predicted molar refractivity (Wildman–Crippen MR) is 58.5 cm³/mol. The Balaban J connectivity index is 2.78. The highest BCUT2D eigenvalue weighted by atomic mass is 79.9. The number of hydrogen-bond donors (Lipinski definition) is 0. The van der Waals surface area contributed by atoms with E-state index in [-0.39, 0.29) is 5.75 Å². The second-order valence-corrected chi connectivity index (χ2v) is 5.39. The average molecular weight is 293 g/mol. The van der Waals surface area contributed by atoms with Crippen molar-refractivity contribution >= 4 is 32.0 Å². The van der Waals surface area contributed by atoms with Crippen LogP contribution in [0.25, 0.3) is 0 Å². The quantitative estimate of drug-likeness (QED) is 0.798. The average Bonchev–Trinajstić information content (AvgIpc) is 2.06. The molecule has 0 aliphatic heterocycles. The number of rotatable bonds is 3. The molecule has 1 rings (SSSR count). The van der Waals surface area contributed by atoms with Crippen LogP contribution < -0.4 is 0 Å². The van der Waals surface area contributed by atoms with E-state index in [0.717, 1.165) is 11.4 Å². The Morgan fingerprint density at radius 3 is 2.33 bits per heavy atom. The minimum atomic E-state index is -3.81. The molecule has 0 atom stereocenters. The molecule has 82 valence electrons. The summed E-state index contributed by atoms with van der Waals surface area (Å²) in [4.78, 5) is 10.5. The Kier molecular flexibility index (Phi) is 3.87. The fourth-order valence-electron chi connectivity index (χ4n) is 0.993. The monoisotopic (exact) mass is 292 g/mol. The second kappa shape index (κ2) is 4.76. The van der Waals surface area contributed by atoms with E-state index in [1.54, 1.807) is 24.3 Å². The molecule has 0 saturated heterocycles. The molecule has 4 nitrogen and oxygen atoms in total. The number of carbonyl (C=O) groups is 1. The van der Waals surface area contributed by atoms with Crippen LogP contribution in [0.1, 0.15) is 12.5 Å². The third kappa shape index (κ3) is 4.44. The lowest BCUT2D eigenvalue weighted by Gasteiger charge is -2.03. The topological polar surface area (TPSA) is 60.4 Å². The summed E-state index contributed by atoms with van der Waals surface area (Å²) in [6.45, 7) is 1.05. The van der Waals surface area contributed by atoms with Crippen molar-refractivity contribution in [2.75, 3.05) is 0 Å². The van der Waals surface area contributed by atoms with Crippen molar-refractivity contribution in [3.05, 3.63) is 34.3 Å². The highest BCUT2D eigenvalue weighted by Gasteiger charge is 2.14. The molecule has 0 bridgehead atoms. The Morgan fingerprint density at radius 1 is 1.33 bits per heavy atom. The van der Waals surface area contributed by atoms with Crippen LogP contribution in [0.15, 0.2) is 28.7 Å². The first-order valence-electron chi connectivity index (χ1n) is 4.06. The standard InChI is InChI=1S/C9H9BrO4S/c1-7(11)14-15(12,13)6-8-2-4-9(10)5-3-8/h2-5H,6H2,1H3. The van der Waals surface area contributed by atoms with Gasteiger partial charge in [0.2, 0.25) is 0 Å². The van der Waals surface area contributed by atoms with Crippen molar-refractivity contribution in [2.45, 2.75) is 12.7 Å². The van der Waals surface area contributed by atoms with E-state index >= 15 is 0 Å². The van der Waals surface area contributed by atoms with Gasteiger partial charge in [-0.15, -0.1) is 0 Å². The summed E-state index contributed by atoms with van der Waals surface area (Å²) in [5.41, 5.74) is 0.569. The molecule has 0 N–H and O–H groups in total. The molecule has 1 aromatic rings. The maximum Gasteiger partial charge on any atom is 0.319 e. The van der Waals surface area contributed by atoms with E-state index in [1.165, 1.54) is 0 Å². The van der Waals surface area contributed by atoms with Gasteiger partial charge in [-0.3, -0.25) is 4.79 Å². The van der Waals surface area contributed by atoms with Crippen LogP contribution in [0.5, 0.6) is 0 Å². The van der Waals surface area contributed by atoms with E-state index in [9.17, 15) is 13.2 Å². The first-order chi connectivity index (χ1) is 6.89. The molecule has 1 aromatic carbocycles. The summed E-state index contributed by atoms with van der Waals surface area (Å²) < 4.78 is 27.5. The maximum absolute atomic E-state index is 11.2. The Bertz CT molecular complexity index is 450. The SMILES string of the molecule is CC(=O)OS(=O)(=O)Cc1ccc(Br)cc1. The summed E-state index contributed by atoms with van der Waals surface area (Å²) in [7, 11) is -3.81. The predicted octanol–water partition coefficient (Wildman–Crippen LogP) is 1.84. The molecule has 0 amide bonds. The van der Waals surface area contributed by atoms with E-state index in [2.05, 4.69) is 20.1 Å². The van der Waals surface area contributed by atoms with E-state index in [1.807, 2.05) is 0 Å². The van der Waals surface area contributed by atoms with Crippen LogP contribution in [0.3, 0.4) is 0 Å². The van der Waals surface area contributed by atoms with Gasteiger partial charge in [0.15, 0.2) is 0 Å². The normalized spacial score (nSPS) is 11.1. The van der Waals surface area contributed by atoms with Crippen molar-refractivity contribution < 1.29 is 17.4 Å². The zero-order chi connectivity index (χ0) is 11.5. The van der Waals surface area contributed by atoms with Crippen LogP contribution in [0.2, 0.25) is 0 Å². The van der Waals surface area contributed by atoms with Crippen LogP contribution in [0, 0.1) is 0 Å². The number of hydrogen-bond acceptors (Lipinski definition) is 4. The molecule has 0 fully saturated rings. The van der Waals surface area contributed by atoms with Gasteiger partial charge in [0, 0.05) is 11.4 Å². The molecule has 0 heterocycles. The largest absolute Gasteiger partial charge is 0.346 e. The van der Waals surface area contributed by atoms with E-state index in [4.69, 9.17) is 0 Å². The van der Waals surface area contributed by atoms with E-state index < -0.39 is 16.1 Å². The van der Waals surface area contributed by atoms with Crippen molar-refractivity contribution in [1.29, 1.82) is 0 Å². The third-order valence-corrected chi connectivity index (χ3v) is 3.21. The van der Waals surface area contributed by atoms with Gasteiger partial charge in [-0.05, 0) is 17.7 Å². The molecule has 0 spiro atoms. The summed E-state index contributed by atoms with van der Waals surface area (Å²) in [6.07, 6.45) is 0. The Labute approximate surface area is 96.5 Å². The molecular formula is C9H9BrO4S. The van der Waals surface area contributed by atoms with Gasteiger partial charge in [-0.1, -0.05) is 28.1 Å². The molecule has 0 radical (unpaired) electrons. The lowest BCUT2D eigenvalue weighted by Crippen LogP contribution is -2.12. The van der Waals surface area contributed by atoms with Gasteiger partial charge >= 0.3 is 16.1 Å². The zero-order valence-electron chi connectivity index (χ0n) is 7.94. The second-order valence-electron chi connectivity index (χ2n) is 2.90. The summed E-state index contributed by atoms with van der Waals surface area (Å²) in [6, 6.07) is 6.73. The van der Waals surface area contributed by atoms with Crippen LogP contribution in [-0.2, 0) is 24.8 Å². The lowest BCUT2D eigenvalue weighted by molar-refractivity contribution is -0.131. The maximum atomic E-state index is 11.2. The first kappa shape index (κ1) is 12.2. The lowest BCUT2D eigenvalue weighted by atomic mass is 10.2. The fourth-order valence-corrected chi connectivity index (χ4v) is 2.27. The Hall–Kier alpha value is -0.880. The van der Waals surface area contributed by atoms with Gasteiger partial charge in [0.05, 0.1) is 0 Å². The van der Waals surface area contributed by atoms with Gasteiger partial charge < -0.3 is 4.18 Å². The minimum Gasteiger partial charge on any atom is -0.346 e. The van der Waals surface area contributed by atoms with Crippen molar-refractivity contribution in [3.63, 3.8) is 0 Å². The third-order valence-electron chi connectivity index (χ3n) is 1.50. The van der Waals surface area contributed by atoms with Crippen molar-refractivity contribution in [1.82, 2.24) is 0 Å². The molecule has 0 aliphatic rings. The highest BCUT2D eigenvalue weighted by Crippen LogP contribution is 2.13. The minimum absolute atomic E-state index is 0.306. The molecular weight excluding hydrogens is 284 g/mol. The van der Waals surface area contributed by atoms with Crippen LogP contribution in [-0.4, -0.2) is 14.4 Å². The van der Waals surface area contributed by atoms with Crippen molar-refractivity contribution in [2.24, 2.45) is 0 Å². The molecule has 0 aliphatic carbocycles. The number of carbonyl (C=O) groups excluding carboxylic acids is 1. The zero-order valence-corrected chi connectivity index (χ0v) is 10.3. The van der Waals surface area contributed by atoms with Gasteiger partial charge in [-0.2, -0.15) is 8.42 Å². The van der Waals surface area contributed by atoms with Crippen LogP contribution in [0.4, 0.5) is 0 Å². The molecule has 0 saturated carbocycles. The first-order valence-corrected chi connectivity index (χ1v) is 6.43. The molecule has 6 heteroatoms. The Morgan fingerprint density at radius 2 is 1.87 bits per heavy atom. The summed E-state index contributed by atoms with van der Waals surface area (Å²) in [5, 5.41) is 0. The smallest absolute Gasteiger partial charge is 0.319 e. The number of halogens is 1. The fraction of sp³-hybridized carbons (Fsp3) is 0.222. The van der Waals surface area contributed by atoms with Gasteiger partial charge in [0.1, 0.15) is 5.75 Å². The molecule has 0 unspecified atom stereocenters. The summed E-state index contributed by atoms with van der Waals surface area (Å²) >= 11 is 3.23. The highest BCUT2D eigenvalue weighted by molar-refractivity contribution is 9.10. The number of benzene rings is 1. The van der Waals surface area contributed by atoms with Gasteiger partial charge in [-0.25, -0.2) is 0 Å². The van der Waals surface area contributed by atoms with Crippen molar-refractivity contribution in [3.8, 4) is 0 Å². The van der Waals surface area contributed by atoms with Gasteiger partial charge in [0.25, 0.3) is 0 Å². The van der Waals surface area contributed by atoms with Crippen LogP contribution >= 0.6 is 15.9 Å². The summed E-state index contributed by atoms with van der Waals surface area (Å²) in [5.74, 6) is -1.13. The molecule has 0 aromatic heterocycles. The van der Waals surface area contributed by atoms with E-state index in [0.29, 0.717) is 5.56 Å².